The van der Waals surface area contributed by atoms with Crippen molar-refractivity contribution in [2.24, 2.45) is 0 Å². The third kappa shape index (κ3) is 3.37. The number of carbonyl (C=O) groups is 2. The molecule has 3 heterocycles. The lowest BCUT2D eigenvalue weighted by molar-refractivity contribution is 0.0949. The number of benzene rings is 2. The van der Waals surface area contributed by atoms with E-state index in [-0.39, 0.29) is 23.1 Å². The van der Waals surface area contributed by atoms with Gasteiger partial charge in [-0.15, -0.1) is 0 Å². The highest BCUT2D eigenvalue weighted by Gasteiger charge is 2.18. The predicted octanol–water partition coefficient (Wildman–Crippen LogP) is 4.38. The third-order valence-electron chi connectivity index (χ3n) is 5.72. The number of nitrogens with one attached hydrogen (secondary N) is 3. The Morgan fingerprint density at radius 3 is 2.69 bits per heavy atom. The minimum atomic E-state index is -0.308. The number of pyridine rings is 1. The number of aromatic amines is 2. The van der Waals surface area contributed by atoms with Gasteiger partial charge >= 0.3 is 0 Å². The minimum Gasteiger partial charge on any atom is -0.497 e. The Morgan fingerprint density at radius 2 is 1.88 bits per heavy atom. The number of aromatic nitrogens is 3. The molecule has 3 N–H and O–H groups in total. The number of H-pyrrole nitrogens is 2. The fourth-order valence-corrected chi connectivity index (χ4v) is 4.11. The zero-order chi connectivity index (χ0) is 22.2. The Bertz CT molecular complexity index is 1500. The fraction of sp³-hybridized carbons (Fsp3) is 0.160. The van der Waals surface area contributed by atoms with Gasteiger partial charge in [0.2, 0.25) is 0 Å². The SMILES string of the molecule is COc1ccc2[nH]cc(CCNC(=O)c3cc4c([nH]c5ccccc54)c(C(C)=O)n3)c2c1. The molecule has 7 nitrogen and oxygen atoms in total. The van der Waals surface area contributed by atoms with E-state index in [1.165, 1.54) is 6.92 Å². The zero-order valence-corrected chi connectivity index (χ0v) is 17.8. The predicted molar refractivity (Wildman–Crippen MR) is 124 cm³/mol. The second-order valence-corrected chi connectivity index (χ2v) is 7.74. The van der Waals surface area contributed by atoms with Gasteiger partial charge in [-0.3, -0.25) is 9.59 Å². The smallest absolute Gasteiger partial charge is 0.269 e. The zero-order valence-electron chi connectivity index (χ0n) is 17.8. The standard InChI is InChI=1S/C25H22N4O3/c1-14(30)23-24-19(17-5-3-4-6-21(17)28-24)12-22(29-23)25(31)26-10-9-15-13-27-20-8-7-16(32-2)11-18(15)20/h3-8,11-13,27-28H,9-10H2,1-2H3,(H,26,31). The Kier molecular flexibility index (Phi) is 4.86. The number of ketones is 1. The summed E-state index contributed by atoms with van der Waals surface area (Å²) < 4.78 is 5.31. The van der Waals surface area contributed by atoms with Crippen LogP contribution >= 0.6 is 0 Å². The Morgan fingerprint density at radius 1 is 1.03 bits per heavy atom. The first-order valence-electron chi connectivity index (χ1n) is 10.4. The van der Waals surface area contributed by atoms with Crippen molar-refractivity contribution >= 4 is 44.4 Å². The largest absolute Gasteiger partial charge is 0.497 e. The van der Waals surface area contributed by atoms with Crippen LogP contribution in [0, 0.1) is 0 Å². The van der Waals surface area contributed by atoms with Crippen LogP contribution in [0.2, 0.25) is 0 Å². The molecule has 0 bridgehead atoms. The Balaban J connectivity index is 1.40. The summed E-state index contributed by atoms with van der Waals surface area (Å²) in [6.45, 7) is 1.90. The number of para-hydroxylation sites is 1. The van der Waals surface area contributed by atoms with E-state index in [2.05, 4.69) is 20.3 Å². The van der Waals surface area contributed by atoms with E-state index in [1.54, 1.807) is 13.2 Å². The normalized spacial score (nSPS) is 11.3. The van der Waals surface area contributed by atoms with Crippen molar-refractivity contribution in [1.29, 1.82) is 0 Å². The lowest BCUT2D eigenvalue weighted by Gasteiger charge is -2.07. The number of hydrogen-bond donors (Lipinski definition) is 3. The van der Waals surface area contributed by atoms with Gasteiger partial charge in [-0.25, -0.2) is 4.98 Å². The van der Waals surface area contributed by atoms with Crippen LogP contribution in [-0.2, 0) is 6.42 Å². The maximum atomic E-state index is 12.9. The van der Waals surface area contributed by atoms with E-state index in [4.69, 9.17) is 4.74 Å². The lowest BCUT2D eigenvalue weighted by Crippen LogP contribution is -2.27. The van der Waals surface area contributed by atoms with Crippen molar-refractivity contribution in [3.05, 3.63) is 71.7 Å². The molecule has 3 aromatic heterocycles. The van der Waals surface area contributed by atoms with E-state index in [9.17, 15) is 9.59 Å². The van der Waals surface area contributed by atoms with E-state index >= 15 is 0 Å². The molecule has 5 rings (SSSR count). The van der Waals surface area contributed by atoms with Crippen LogP contribution in [0.5, 0.6) is 5.75 Å². The first-order chi connectivity index (χ1) is 15.5. The summed E-state index contributed by atoms with van der Waals surface area (Å²) in [6.07, 6.45) is 2.59. The number of rotatable bonds is 6. The van der Waals surface area contributed by atoms with E-state index in [0.717, 1.165) is 38.5 Å². The molecule has 7 heteroatoms. The summed E-state index contributed by atoms with van der Waals surface area (Å²) >= 11 is 0. The van der Waals surface area contributed by atoms with Gasteiger partial charge in [0.15, 0.2) is 5.78 Å². The van der Waals surface area contributed by atoms with Gasteiger partial charge in [-0.05, 0) is 42.3 Å². The molecule has 0 spiro atoms. The third-order valence-corrected chi connectivity index (χ3v) is 5.72. The minimum absolute atomic E-state index is 0.191. The molecule has 0 saturated heterocycles. The van der Waals surface area contributed by atoms with Crippen LogP contribution in [0.4, 0.5) is 0 Å². The molecule has 0 aliphatic heterocycles. The van der Waals surface area contributed by atoms with Crippen molar-refractivity contribution < 1.29 is 14.3 Å². The summed E-state index contributed by atoms with van der Waals surface area (Å²) in [5, 5.41) is 5.77. The average Bonchev–Trinajstić information content (AvgIpc) is 3.39. The van der Waals surface area contributed by atoms with Gasteiger partial charge in [0, 0.05) is 46.9 Å². The molecule has 0 aliphatic rings. The molecule has 1 amide bonds. The van der Waals surface area contributed by atoms with Crippen LogP contribution < -0.4 is 10.1 Å². The first kappa shape index (κ1) is 19.8. The van der Waals surface area contributed by atoms with Gasteiger partial charge in [0.1, 0.15) is 17.1 Å². The quantitative estimate of drug-likeness (QED) is 0.351. The first-order valence-corrected chi connectivity index (χ1v) is 10.4. The molecule has 160 valence electrons. The maximum Gasteiger partial charge on any atom is 0.269 e. The van der Waals surface area contributed by atoms with Gasteiger partial charge in [-0.1, -0.05) is 18.2 Å². The van der Waals surface area contributed by atoms with Crippen molar-refractivity contribution in [1.82, 2.24) is 20.3 Å². The maximum absolute atomic E-state index is 12.9. The van der Waals surface area contributed by atoms with Crippen LogP contribution in [-0.4, -0.2) is 40.3 Å². The van der Waals surface area contributed by atoms with Gasteiger partial charge in [-0.2, -0.15) is 0 Å². The Hall–Kier alpha value is -4.13. The van der Waals surface area contributed by atoms with E-state index in [0.29, 0.717) is 18.5 Å². The molecular formula is C25H22N4O3. The van der Waals surface area contributed by atoms with E-state index < -0.39 is 0 Å². The Labute approximate surface area is 183 Å². The van der Waals surface area contributed by atoms with Crippen LogP contribution in [0.25, 0.3) is 32.7 Å². The summed E-state index contributed by atoms with van der Waals surface area (Å²) in [7, 11) is 1.64. The molecule has 5 aromatic rings. The molecule has 32 heavy (non-hydrogen) atoms. The number of methoxy groups -OCH3 is 1. The average molecular weight is 426 g/mol. The summed E-state index contributed by atoms with van der Waals surface area (Å²) in [6, 6.07) is 15.4. The van der Waals surface area contributed by atoms with Gasteiger partial charge in [0.25, 0.3) is 5.91 Å². The van der Waals surface area contributed by atoms with Crippen molar-refractivity contribution in [3.63, 3.8) is 0 Å². The molecule has 0 radical (unpaired) electrons. The molecule has 0 unspecified atom stereocenters. The lowest BCUT2D eigenvalue weighted by atomic mass is 10.1. The molecule has 0 aliphatic carbocycles. The van der Waals surface area contributed by atoms with Crippen molar-refractivity contribution in [3.8, 4) is 5.75 Å². The molecule has 0 fully saturated rings. The fourth-order valence-electron chi connectivity index (χ4n) is 4.11. The van der Waals surface area contributed by atoms with Crippen LogP contribution in [0.1, 0.15) is 33.5 Å². The number of amides is 1. The highest BCUT2D eigenvalue weighted by atomic mass is 16.5. The number of nitrogens with zero attached hydrogens (tertiary/aromatic N) is 1. The van der Waals surface area contributed by atoms with Gasteiger partial charge < -0.3 is 20.0 Å². The van der Waals surface area contributed by atoms with Gasteiger partial charge in [0.05, 0.1) is 12.6 Å². The molecule has 0 atom stereocenters. The number of ether oxygens (including phenoxy) is 1. The second kappa shape index (κ2) is 7.85. The summed E-state index contributed by atoms with van der Waals surface area (Å²) in [4.78, 5) is 36.0. The van der Waals surface area contributed by atoms with Crippen molar-refractivity contribution in [2.75, 3.05) is 13.7 Å². The molecule has 0 saturated carbocycles. The molecular weight excluding hydrogens is 404 g/mol. The topological polar surface area (TPSA) is 99.9 Å². The van der Waals surface area contributed by atoms with Crippen LogP contribution in [0.15, 0.2) is 54.7 Å². The van der Waals surface area contributed by atoms with E-state index in [1.807, 2.05) is 48.7 Å². The highest BCUT2D eigenvalue weighted by molar-refractivity contribution is 6.15. The number of carbonyl (C=O) groups excluding carboxylic acids is 2. The second-order valence-electron chi connectivity index (χ2n) is 7.74. The highest BCUT2D eigenvalue weighted by Crippen LogP contribution is 2.28. The molecule has 2 aromatic carbocycles. The summed E-state index contributed by atoms with van der Waals surface area (Å²) in [5.41, 5.74) is 4.16. The van der Waals surface area contributed by atoms with Crippen molar-refractivity contribution in [2.45, 2.75) is 13.3 Å². The number of hydrogen-bond acceptors (Lipinski definition) is 4. The number of Topliss-reactive ketones (excluding diaryl/α,β-unsaturated/α-hetero) is 1. The number of fused-ring (bicyclic) bond motifs is 4. The monoisotopic (exact) mass is 426 g/mol. The summed E-state index contributed by atoms with van der Waals surface area (Å²) in [5.74, 6) is 0.288. The van der Waals surface area contributed by atoms with Crippen LogP contribution in [0.3, 0.4) is 0 Å².